The fourth-order valence-corrected chi connectivity index (χ4v) is 5.66. The quantitative estimate of drug-likeness (QED) is 0.713. The summed E-state index contributed by atoms with van der Waals surface area (Å²) in [5.74, 6) is 1.17. The van der Waals surface area contributed by atoms with Crippen molar-refractivity contribution in [3.63, 3.8) is 0 Å². The van der Waals surface area contributed by atoms with E-state index in [4.69, 9.17) is 9.16 Å². The first-order valence-electron chi connectivity index (χ1n) is 9.75. The molecule has 0 radical (unpaired) electrons. The summed E-state index contributed by atoms with van der Waals surface area (Å²) < 4.78 is 13.1. The van der Waals surface area contributed by atoms with Gasteiger partial charge in [0.05, 0.1) is 12.5 Å². The molecule has 1 saturated heterocycles. The van der Waals surface area contributed by atoms with Gasteiger partial charge in [-0.2, -0.15) is 0 Å². The Balaban J connectivity index is 2.03. The van der Waals surface area contributed by atoms with Gasteiger partial charge in [0.15, 0.2) is 8.32 Å². The fourth-order valence-electron chi connectivity index (χ4n) is 4.34. The Morgan fingerprint density at radius 1 is 0.966 bits per heavy atom. The van der Waals surface area contributed by atoms with Crippen molar-refractivity contribution in [1.82, 2.24) is 9.80 Å². The number of fused-ring (bicyclic) bond motifs is 2. The summed E-state index contributed by atoms with van der Waals surface area (Å²) in [7, 11) is 1.12. The van der Waals surface area contributed by atoms with Crippen molar-refractivity contribution < 1.29 is 18.8 Å². The van der Waals surface area contributed by atoms with Crippen molar-refractivity contribution in [3.05, 3.63) is 59.7 Å². The molecule has 29 heavy (non-hydrogen) atoms. The van der Waals surface area contributed by atoms with Gasteiger partial charge in [-0.3, -0.25) is 9.69 Å². The third-order valence-electron chi connectivity index (χ3n) is 5.53. The minimum atomic E-state index is -2.15. The standard InChI is InChI=1S/C22H26N2O4Si/c1-23-19(14-20(25)24(2)21(23)26)22(28-29(3,4)5)15-10-6-8-12-17(15)27-18-13-9-7-11-16(18)22/h6-13,19H,14H2,1-5H3/t19-/m0/s1. The lowest BCUT2D eigenvalue weighted by Crippen LogP contribution is -2.63. The summed E-state index contributed by atoms with van der Waals surface area (Å²) in [5, 5.41) is 0. The lowest BCUT2D eigenvalue weighted by Gasteiger charge is -2.52. The number of imide groups is 1. The normalized spacial score (nSPS) is 20.8. The van der Waals surface area contributed by atoms with E-state index in [2.05, 4.69) is 19.6 Å². The van der Waals surface area contributed by atoms with Crippen LogP contribution in [0.3, 0.4) is 0 Å². The molecule has 152 valence electrons. The third-order valence-corrected chi connectivity index (χ3v) is 6.46. The van der Waals surface area contributed by atoms with Gasteiger partial charge in [-0.1, -0.05) is 36.4 Å². The Morgan fingerprint density at radius 2 is 1.48 bits per heavy atom. The van der Waals surface area contributed by atoms with Crippen LogP contribution in [0.25, 0.3) is 0 Å². The van der Waals surface area contributed by atoms with Crippen LogP contribution in [0.4, 0.5) is 4.79 Å². The molecule has 6 nitrogen and oxygen atoms in total. The number of carbonyl (C=O) groups is 2. The smallest absolute Gasteiger partial charge is 0.326 e. The SMILES string of the molecule is CN1C(=O)C[C@@H](C2(O[Si](C)(C)C)c3ccccc3Oc3ccccc32)N(C)C1=O. The second-order valence-corrected chi connectivity index (χ2v) is 13.0. The maximum absolute atomic E-state index is 12.9. The Labute approximate surface area is 172 Å². The molecular weight excluding hydrogens is 384 g/mol. The molecule has 0 bridgehead atoms. The Hall–Kier alpha value is -2.64. The molecule has 1 atom stereocenters. The van der Waals surface area contributed by atoms with Gasteiger partial charge in [0, 0.05) is 25.2 Å². The number of hydrogen-bond donors (Lipinski definition) is 0. The van der Waals surface area contributed by atoms with Crippen LogP contribution in [-0.2, 0) is 14.8 Å². The van der Waals surface area contributed by atoms with E-state index in [0.29, 0.717) is 11.5 Å². The molecule has 0 N–H and O–H groups in total. The van der Waals surface area contributed by atoms with Crippen molar-refractivity contribution >= 4 is 20.3 Å². The molecule has 0 aromatic heterocycles. The average molecular weight is 411 g/mol. The Morgan fingerprint density at radius 3 is 2.00 bits per heavy atom. The number of likely N-dealkylation sites (N-methyl/N-ethyl adjacent to an activating group) is 1. The highest BCUT2D eigenvalue weighted by molar-refractivity contribution is 6.69. The van der Waals surface area contributed by atoms with Gasteiger partial charge in [-0.05, 0) is 31.8 Å². The molecule has 0 aliphatic carbocycles. The minimum Gasteiger partial charge on any atom is -0.457 e. The molecule has 4 rings (SSSR count). The van der Waals surface area contributed by atoms with E-state index in [0.717, 1.165) is 11.1 Å². The lowest BCUT2D eigenvalue weighted by atomic mass is 9.75. The average Bonchev–Trinajstić information content (AvgIpc) is 2.68. The lowest BCUT2D eigenvalue weighted by molar-refractivity contribution is -0.134. The van der Waals surface area contributed by atoms with E-state index in [1.54, 1.807) is 11.9 Å². The summed E-state index contributed by atoms with van der Waals surface area (Å²) in [6.45, 7) is 6.36. The predicted molar refractivity (Wildman–Crippen MR) is 113 cm³/mol. The van der Waals surface area contributed by atoms with E-state index in [1.165, 1.54) is 11.9 Å². The summed E-state index contributed by atoms with van der Waals surface area (Å²) in [5.41, 5.74) is 0.711. The maximum atomic E-state index is 12.9. The number of ether oxygens (including phenoxy) is 1. The van der Waals surface area contributed by atoms with Gasteiger partial charge in [0.25, 0.3) is 0 Å². The van der Waals surface area contributed by atoms with Crippen LogP contribution in [0, 0.1) is 0 Å². The molecule has 0 spiro atoms. The first-order chi connectivity index (χ1) is 13.6. The van der Waals surface area contributed by atoms with Crippen LogP contribution >= 0.6 is 0 Å². The van der Waals surface area contributed by atoms with E-state index < -0.39 is 20.0 Å². The van der Waals surface area contributed by atoms with E-state index in [1.807, 2.05) is 48.5 Å². The molecule has 0 saturated carbocycles. The zero-order valence-corrected chi connectivity index (χ0v) is 18.4. The van der Waals surface area contributed by atoms with Crippen molar-refractivity contribution in [1.29, 1.82) is 0 Å². The van der Waals surface area contributed by atoms with Crippen molar-refractivity contribution in [2.75, 3.05) is 14.1 Å². The molecule has 2 aliphatic rings. The second-order valence-electron chi connectivity index (χ2n) is 8.61. The van der Waals surface area contributed by atoms with Gasteiger partial charge in [0.1, 0.15) is 17.1 Å². The van der Waals surface area contributed by atoms with Gasteiger partial charge < -0.3 is 14.1 Å². The summed E-state index contributed by atoms with van der Waals surface area (Å²) >= 11 is 0. The van der Waals surface area contributed by atoms with E-state index >= 15 is 0 Å². The highest BCUT2D eigenvalue weighted by Crippen LogP contribution is 2.53. The van der Waals surface area contributed by atoms with Crippen molar-refractivity contribution in [2.45, 2.75) is 37.7 Å². The van der Waals surface area contributed by atoms with Gasteiger partial charge in [-0.25, -0.2) is 4.79 Å². The monoisotopic (exact) mass is 410 g/mol. The molecule has 2 heterocycles. The van der Waals surface area contributed by atoms with E-state index in [9.17, 15) is 9.59 Å². The molecule has 2 aromatic carbocycles. The van der Waals surface area contributed by atoms with Crippen LogP contribution in [0.5, 0.6) is 11.5 Å². The number of benzene rings is 2. The number of rotatable bonds is 3. The van der Waals surface area contributed by atoms with Gasteiger partial charge in [0.2, 0.25) is 5.91 Å². The highest BCUT2D eigenvalue weighted by atomic mass is 28.4. The fraction of sp³-hybridized carbons (Fsp3) is 0.364. The largest absolute Gasteiger partial charge is 0.457 e. The molecule has 3 amide bonds. The summed E-state index contributed by atoms with van der Waals surface area (Å²) in [6.07, 6.45) is 0.173. The third kappa shape index (κ3) is 3.05. The van der Waals surface area contributed by atoms with E-state index in [-0.39, 0.29) is 18.4 Å². The van der Waals surface area contributed by atoms with Crippen LogP contribution < -0.4 is 4.74 Å². The topological polar surface area (TPSA) is 59.1 Å². The summed E-state index contributed by atoms with van der Waals surface area (Å²) in [4.78, 5) is 28.4. The highest BCUT2D eigenvalue weighted by Gasteiger charge is 2.56. The molecule has 2 aliphatic heterocycles. The number of carbonyl (C=O) groups excluding carboxylic acids is 2. The number of hydrogen-bond acceptors (Lipinski definition) is 4. The second kappa shape index (κ2) is 6.71. The maximum Gasteiger partial charge on any atom is 0.326 e. The Bertz CT molecular complexity index is 939. The Kier molecular flexibility index (Phi) is 4.55. The van der Waals surface area contributed by atoms with Crippen LogP contribution in [0.2, 0.25) is 19.6 Å². The number of amides is 3. The zero-order valence-electron chi connectivity index (χ0n) is 17.4. The van der Waals surface area contributed by atoms with Crippen LogP contribution in [-0.4, -0.2) is 50.2 Å². The van der Waals surface area contributed by atoms with Gasteiger partial charge in [-0.15, -0.1) is 0 Å². The molecular formula is C22H26N2O4Si. The van der Waals surface area contributed by atoms with Crippen molar-refractivity contribution in [3.8, 4) is 11.5 Å². The van der Waals surface area contributed by atoms with Gasteiger partial charge >= 0.3 is 6.03 Å². The predicted octanol–water partition coefficient (Wildman–Crippen LogP) is 4.17. The number of nitrogens with zero attached hydrogens (tertiary/aromatic N) is 2. The molecule has 0 unspecified atom stereocenters. The first-order valence-corrected chi connectivity index (χ1v) is 13.2. The summed E-state index contributed by atoms with van der Waals surface area (Å²) in [6, 6.07) is 14.7. The molecule has 1 fully saturated rings. The molecule has 2 aromatic rings. The minimum absolute atomic E-state index is 0.173. The van der Waals surface area contributed by atoms with Crippen molar-refractivity contribution in [2.24, 2.45) is 0 Å². The van der Waals surface area contributed by atoms with Crippen LogP contribution in [0.15, 0.2) is 48.5 Å². The number of para-hydroxylation sites is 2. The zero-order chi connectivity index (χ0) is 21.0. The molecule has 7 heteroatoms. The van der Waals surface area contributed by atoms with Crippen LogP contribution in [0.1, 0.15) is 17.5 Å². The first kappa shape index (κ1) is 19.7. The number of urea groups is 1.